The van der Waals surface area contributed by atoms with E-state index in [9.17, 15) is 40.7 Å². The Kier molecular flexibility index (Phi) is 6.39. The Hall–Kier alpha value is -3.57. The SMILES string of the molecule is CC(OC(=O)Cc1ccc(C(F)(F)F)cc1)C(=O)N1CC(=O)Nc2cc(C(F)(F)F)ccc21. The molecule has 176 valence electrons. The van der Waals surface area contributed by atoms with Gasteiger partial charge in [0.25, 0.3) is 5.91 Å². The van der Waals surface area contributed by atoms with Crippen molar-refractivity contribution in [1.82, 2.24) is 0 Å². The van der Waals surface area contributed by atoms with E-state index in [4.69, 9.17) is 4.74 Å². The number of hydrogen-bond donors (Lipinski definition) is 1. The number of esters is 1. The van der Waals surface area contributed by atoms with Crippen LogP contribution in [0.2, 0.25) is 0 Å². The predicted octanol–water partition coefficient (Wildman–Crippen LogP) is 4.18. The van der Waals surface area contributed by atoms with Crippen molar-refractivity contribution in [2.45, 2.75) is 31.8 Å². The number of nitrogens with zero attached hydrogens (tertiary/aromatic N) is 1. The van der Waals surface area contributed by atoms with Gasteiger partial charge in [0.1, 0.15) is 6.54 Å². The van der Waals surface area contributed by atoms with Crippen molar-refractivity contribution in [1.29, 1.82) is 0 Å². The lowest BCUT2D eigenvalue weighted by atomic mass is 10.1. The number of nitrogens with one attached hydrogen (secondary N) is 1. The summed E-state index contributed by atoms with van der Waals surface area (Å²) in [5.74, 6) is -2.50. The van der Waals surface area contributed by atoms with Gasteiger partial charge in [0.05, 0.1) is 28.9 Å². The largest absolute Gasteiger partial charge is 0.452 e. The fourth-order valence-electron chi connectivity index (χ4n) is 3.15. The second-order valence-electron chi connectivity index (χ2n) is 7.21. The van der Waals surface area contributed by atoms with Gasteiger partial charge in [-0.1, -0.05) is 12.1 Å². The first-order valence-electron chi connectivity index (χ1n) is 9.44. The Morgan fingerprint density at radius 2 is 1.58 bits per heavy atom. The standard InChI is InChI=1S/C21H16F6N2O4/c1-11(33-18(31)8-12-2-4-13(5-3-12)20(22,23)24)19(32)29-10-17(30)28-15-9-14(21(25,26)27)6-7-16(15)29/h2-7,9,11H,8,10H2,1H3,(H,28,30). The fourth-order valence-corrected chi connectivity index (χ4v) is 3.15. The number of hydrogen-bond acceptors (Lipinski definition) is 4. The first-order chi connectivity index (χ1) is 15.3. The van der Waals surface area contributed by atoms with E-state index in [0.29, 0.717) is 6.07 Å². The van der Waals surface area contributed by atoms with E-state index in [2.05, 4.69) is 5.32 Å². The molecule has 1 N–H and O–H groups in total. The first-order valence-corrected chi connectivity index (χ1v) is 9.44. The van der Waals surface area contributed by atoms with Gasteiger partial charge in [0, 0.05) is 0 Å². The van der Waals surface area contributed by atoms with Crippen LogP contribution < -0.4 is 10.2 Å². The average Bonchev–Trinajstić information content (AvgIpc) is 2.71. The summed E-state index contributed by atoms with van der Waals surface area (Å²) in [7, 11) is 0. The van der Waals surface area contributed by atoms with Crippen LogP contribution in [-0.4, -0.2) is 30.4 Å². The van der Waals surface area contributed by atoms with Crippen LogP contribution in [0.5, 0.6) is 0 Å². The third kappa shape index (κ3) is 5.62. The van der Waals surface area contributed by atoms with Crippen molar-refractivity contribution >= 4 is 29.2 Å². The summed E-state index contributed by atoms with van der Waals surface area (Å²) in [6.45, 7) is 0.710. The van der Waals surface area contributed by atoms with Crippen LogP contribution in [-0.2, 0) is 37.9 Å². The molecule has 0 spiro atoms. The molecule has 2 aromatic rings. The number of carbonyl (C=O) groups is 3. The van der Waals surface area contributed by atoms with Crippen molar-refractivity contribution < 1.29 is 45.5 Å². The van der Waals surface area contributed by atoms with E-state index in [-0.39, 0.29) is 16.9 Å². The summed E-state index contributed by atoms with van der Waals surface area (Å²) in [6.07, 6.45) is -11.0. The second kappa shape index (κ2) is 8.75. The summed E-state index contributed by atoms with van der Waals surface area (Å²) >= 11 is 0. The average molecular weight is 474 g/mol. The number of benzene rings is 2. The molecular weight excluding hydrogens is 458 g/mol. The van der Waals surface area contributed by atoms with Crippen molar-refractivity contribution in [3.8, 4) is 0 Å². The van der Waals surface area contributed by atoms with Crippen LogP contribution >= 0.6 is 0 Å². The highest BCUT2D eigenvalue weighted by Gasteiger charge is 2.36. The zero-order chi connectivity index (χ0) is 24.6. The Bertz CT molecular complexity index is 1080. The summed E-state index contributed by atoms with van der Waals surface area (Å²) in [5.41, 5.74) is -1.92. The molecular formula is C21H16F6N2O4. The molecule has 2 aromatic carbocycles. The lowest BCUT2D eigenvalue weighted by molar-refractivity contribution is -0.153. The minimum atomic E-state index is -4.66. The van der Waals surface area contributed by atoms with Gasteiger partial charge in [-0.3, -0.25) is 19.3 Å². The van der Waals surface area contributed by atoms with E-state index in [0.717, 1.165) is 41.3 Å². The van der Waals surface area contributed by atoms with E-state index in [1.165, 1.54) is 6.92 Å². The Labute approximate surface area is 183 Å². The normalized spacial score (nSPS) is 14.9. The molecule has 33 heavy (non-hydrogen) atoms. The molecule has 2 amide bonds. The minimum absolute atomic E-state index is 0.00163. The van der Waals surface area contributed by atoms with E-state index < -0.39 is 60.3 Å². The quantitative estimate of drug-likeness (QED) is 0.533. The first kappa shape index (κ1) is 24.1. The number of carbonyl (C=O) groups excluding carboxylic acids is 3. The van der Waals surface area contributed by atoms with E-state index in [1.54, 1.807) is 0 Å². The predicted molar refractivity (Wildman–Crippen MR) is 103 cm³/mol. The molecule has 1 aliphatic rings. The molecule has 0 fully saturated rings. The smallest absolute Gasteiger partial charge is 0.416 e. The van der Waals surface area contributed by atoms with E-state index in [1.807, 2.05) is 0 Å². The maximum Gasteiger partial charge on any atom is 0.416 e. The lowest BCUT2D eigenvalue weighted by Crippen LogP contribution is -2.47. The van der Waals surface area contributed by atoms with Crippen LogP contribution in [0, 0.1) is 0 Å². The summed E-state index contributed by atoms with van der Waals surface area (Å²) in [5, 5.41) is 2.26. The third-order valence-electron chi connectivity index (χ3n) is 4.74. The Balaban J connectivity index is 1.70. The lowest BCUT2D eigenvalue weighted by Gasteiger charge is -2.31. The fraction of sp³-hybridized carbons (Fsp3) is 0.286. The van der Waals surface area contributed by atoms with Gasteiger partial charge in [-0.05, 0) is 42.8 Å². The van der Waals surface area contributed by atoms with E-state index >= 15 is 0 Å². The molecule has 0 radical (unpaired) electrons. The highest BCUT2D eigenvalue weighted by atomic mass is 19.4. The Morgan fingerprint density at radius 3 is 2.15 bits per heavy atom. The van der Waals surface area contributed by atoms with Gasteiger partial charge in [-0.2, -0.15) is 26.3 Å². The molecule has 1 aliphatic heterocycles. The van der Waals surface area contributed by atoms with Gasteiger partial charge >= 0.3 is 18.3 Å². The molecule has 1 heterocycles. The topological polar surface area (TPSA) is 75.7 Å². The number of anilines is 2. The number of ether oxygens (including phenoxy) is 1. The molecule has 0 bridgehead atoms. The van der Waals surface area contributed by atoms with Gasteiger partial charge in [0.15, 0.2) is 6.10 Å². The zero-order valence-electron chi connectivity index (χ0n) is 16.9. The Morgan fingerprint density at radius 1 is 1.00 bits per heavy atom. The second-order valence-corrected chi connectivity index (χ2v) is 7.21. The number of alkyl halides is 6. The highest BCUT2D eigenvalue weighted by Crippen LogP contribution is 2.37. The van der Waals surface area contributed by atoms with Crippen molar-refractivity contribution in [3.05, 3.63) is 59.2 Å². The maximum atomic E-state index is 12.9. The summed E-state index contributed by atoms with van der Waals surface area (Å²) < 4.78 is 81.7. The minimum Gasteiger partial charge on any atom is -0.452 e. The molecule has 1 atom stereocenters. The number of fused-ring (bicyclic) bond motifs is 1. The van der Waals surface area contributed by atoms with Gasteiger partial charge < -0.3 is 10.1 Å². The van der Waals surface area contributed by atoms with Crippen LogP contribution in [0.1, 0.15) is 23.6 Å². The third-order valence-corrected chi connectivity index (χ3v) is 4.74. The zero-order valence-corrected chi connectivity index (χ0v) is 16.9. The monoisotopic (exact) mass is 474 g/mol. The molecule has 6 nitrogen and oxygen atoms in total. The van der Waals surface area contributed by atoms with Crippen LogP contribution in [0.3, 0.4) is 0 Å². The molecule has 1 unspecified atom stereocenters. The molecule has 0 aliphatic carbocycles. The van der Waals surface area contributed by atoms with Crippen molar-refractivity contribution in [2.75, 3.05) is 16.8 Å². The van der Waals surface area contributed by atoms with Crippen LogP contribution in [0.4, 0.5) is 37.7 Å². The molecule has 12 heteroatoms. The summed E-state index contributed by atoms with van der Waals surface area (Å²) in [4.78, 5) is 37.7. The van der Waals surface area contributed by atoms with Crippen molar-refractivity contribution in [3.63, 3.8) is 0 Å². The number of halogens is 6. The van der Waals surface area contributed by atoms with Crippen LogP contribution in [0.15, 0.2) is 42.5 Å². The maximum absolute atomic E-state index is 12.9. The summed E-state index contributed by atoms with van der Waals surface area (Å²) in [6, 6.07) is 6.25. The number of amides is 2. The van der Waals surface area contributed by atoms with Gasteiger partial charge in [-0.15, -0.1) is 0 Å². The van der Waals surface area contributed by atoms with Crippen molar-refractivity contribution in [2.24, 2.45) is 0 Å². The molecule has 0 saturated carbocycles. The van der Waals surface area contributed by atoms with Crippen LogP contribution in [0.25, 0.3) is 0 Å². The van der Waals surface area contributed by atoms with Gasteiger partial charge in [-0.25, -0.2) is 0 Å². The molecule has 3 rings (SSSR count). The van der Waals surface area contributed by atoms with Gasteiger partial charge in [0.2, 0.25) is 5.91 Å². The molecule has 0 saturated heterocycles. The highest BCUT2D eigenvalue weighted by molar-refractivity contribution is 6.11. The molecule has 0 aromatic heterocycles. The number of rotatable bonds is 4.